The Labute approximate surface area is 93.8 Å². The molecule has 0 aliphatic rings. The highest BCUT2D eigenvalue weighted by molar-refractivity contribution is 4.88. The van der Waals surface area contributed by atoms with Crippen molar-refractivity contribution in [1.29, 1.82) is 0 Å². The highest BCUT2D eigenvalue weighted by Gasteiger charge is 1.60. The molecule has 0 aromatic carbocycles. The molecule has 14 heavy (non-hydrogen) atoms. The van der Waals surface area contributed by atoms with E-state index in [0.717, 1.165) is 0 Å². The summed E-state index contributed by atoms with van der Waals surface area (Å²) in [5.74, 6) is 0. The predicted molar refractivity (Wildman–Crippen MR) is 73.0 cm³/mol. The molecule has 0 spiro atoms. The molecule has 0 heterocycles. The van der Waals surface area contributed by atoms with Gasteiger partial charge in [-0.05, 0) is 20.8 Å². The van der Waals surface area contributed by atoms with Gasteiger partial charge in [0, 0.05) is 0 Å². The normalized spacial score (nSPS) is 6.36. The van der Waals surface area contributed by atoms with Crippen molar-refractivity contribution in [2.75, 3.05) is 0 Å². The molecule has 0 aliphatic heterocycles. The van der Waals surface area contributed by atoms with Crippen LogP contribution in [0.25, 0.3) is 0 Å². The molecule has 0 aromatic heterocycles. The van der Waals surface area contributed by atoms with E-state index in [-0.39, 0.29) is 0 Å². The van der Waals surface area contributed by atoms with Crippen LogP contribution in [0.3, 0.4) is 0 Å². The molecule has 0 saturated carbocycles. The lowest BCUT2D eigenvalue weighted by molar-refractivity contribution is 0.886. The highest BCUT2D eigenvalue weighted by atomic mass is 13.7. The second kappa shape index (κ2) is 38.7. The fourth-order valence-electron chi connectivity index (χ4n) is 0. The average Bonchev–Trinajstić information content (AvgIpc) is 2.22. The Morgan fingerprint density at radius 2 is 1.00 bits per heavy atom. The quantitative estimate of drug-likeness (QED) is 0.443. The van der Waals surface area contributed by atoms with Crippen molar-refractivity contribution < 1.29 is 0 Å². The number of rotatable bonds is 1. The third kappa shape index (κ3) is 180. The van der Waals surface area contributed by atoms with Crippen molar-refractivity contribution in [2.24, 2.45) is 0 Å². The molecular formula is C14H34. The lowest BCUT2D eigenvalue weighted by atomic mass is 10.3. The van der Waals surface area contributed by atoms with E-state index in [4.69, 9.17) is 0 Å². The third-order valence-corrected chi connectivity index (χ3v) is 1.08. The van der Waals surface area contributed by atoms with Gasteiger partial charge in [0.25, 0.3) is 0 Å². The van der Waals surface area contributed by atoms with Crippen LogP contribution in [-0.4, -0.2) is 0 Å². The van der Waals surface area contributed by atoms with E-state index in [9.17, 15) is 0 Å². The predicted octanol–water partition coefficient (Wildman–Crippen LogP) is 6.22. The van der Waals surface area contributed by atoms with Gasteiger partial charge in [0.05, 0.1) is 0 Å². The molecule has 0 radical (unpaired) electrons. The first-order chi connectivity index (χ1) is 6.60. The summed E-state index contributed by atoms with van der Waals surface area (Å²) in [7, 11) is 0. The van der Waals surface area contributed by atoms with Crippen LogP contribution in [0.1, 0.15) is 81.6 Å². The summed E-state index contributed by atoms with van der Waals surface area (Å²) in [5, 5.41) is 0. The first-order valence-electron chi connectivity index (χ1n) is 6.19. The zero-order valence-electron chi connectivity index (χ0n) is 12.2. The summed E-state index contributed by atoms with van der Waals surface area (Å²) in [6, 6.07) is 0. The van der Waals surface area contributed by atoms with E-state index >= 15 is 0 Å². The zero-order chi connectivity index (χ0) is 12.4. The Morgan fingerprint density at radius 3 is 1.00 bits per heavy atom. The summed E-state index contributed by atoms with van der Waals surface area (Å²) in [6.07, 6.45) is 5.97. The minimum absolute atomic E-state index is 1.25. The van der Waals surface area contributed by atoms with Crippen LogP contribution < -0.4 is 0 Å². The SMILES string of the molecule is CC.CC=C(C)C.CCC.CCCC. The van der Waals surface area contributed by atoms with E-state index in [1.165, 1.54) is 24.8 Å². The van der Waals surface area contributed by atoms with Crippen LogP contribution in [0.2, 0.25) is 0 Å². The Hall–Kier alpha value is -0.260. The number of hydrogen-bond acceptors (Lipinski definition) is 0. The molecule has 0 nitrogen and oxygen atoms in total. The van der Waals surface area contributed by atoms with E-state index in [0.29, 0.717) is 0 Å². The molecule has 0 bridgehead atoms. The summed E-state index contributed by atoms with van der Waals surface area (Å²) >= 11 is 0. The van der Waals surface area contributed by atoms with Gasteiger partial charge in [-0.3, -0.25) is 0 Å². The number of allylic oxidation sites excluding steroid dienone is 2. The van der Waals surface area contributed by atoms with E-state index in [1.54, 1.807) is 0 Å². The van der Waals surface area contributed by atoms with Crippen molar-refractivity contribution in [3.8, 4) is 0 Å². The first-order valence-corrected chi connectivity index (χ1v) is 6.19. The van der Waals surface area contributed by atoms with E-state index in [2.05, 4.69) is 47.6 Å². The summed E-state index contributed by atoms with van der Waals surface area (Å²) in [4.78, 5) is 0. The van der Waals surface area contributed by atoms with Crippen molar-refractivity contribution >= 4 is 0 Å². The maximum atomic E-state index is 2.18. The van der Waals surface area contributed by atoms with E-state index in [1.807, 2.05) is 20.8 Å². The standard InChI is InChI=1S/C5H10.C4H10.C3H8.C2H6/c1-4-5(2)3;1-3-4-2;1-3-2;1-2/h4H,1-3H3;3-4H2,1-2H3;3H2,1-2H3;1-2H3. The second-order valence-corrected chi connectivity index (χ2v) is 3.07. The molecule has 90 valence electrons. The third-order valence-electron chi connectivity index (χ3n) is 1.08. The Morgan fingerprint density at radius 1 is 0.857 bits per heavy atom. The van der Waals surface area contributed by atoms with Gasteiger partial charge in [-0.1, -0.05) is 72.5 Å². The largest absolute Gasteiger partial charge is 0.0890 e. The van der Waals surface area contributed by atoms with Crippen LogP contribution in [0.5, 0.6) is 0 Å². The van der Waals surface area contributed by atoms with Gasteiger partial charge in [0.2, 0.25) is 0 Å². The maximum Gasteiger partial charge on any atom is -0.0442 e. The monoisotopic (exact) mass is 202 g/mol. The molecule has 0 N–H and O–H groups in total. The van der Waals surface area contributed by atoms with E-state index < -0.39 is 0 Å². The van der Waals surface area contributed by atoms with Crippen LogP contribution in [0.4, 0.5) is 0 Å². The summed E-state index contributed by atoms with van der Waals surface area (Å²) < 4.78 is 0. The molecule has 0 rings (SSSR count). The minimum atomic E-state index is 1.25. The molecule has 0 amide bonds. The van der Waals surface area contributed by atoms with Crippen LogP contribution in [-0.2, 0) is 0 Å². The number of hydrogen-bond donors (Lipinski definition) is 0. The molecule has 0 saturated heterocycles. The zero-order valence-corrected chi connectivity index (χ0v) is 12.2. The number of unbranched alkanes of at least 4 members (excludes halogenated alkanes) is 1. The Kier molecular flexibility index (Phi) is 64.9. The van der Waals surface area contributed by atoms with Gasteiger partial charge in [0.15, 0.2) is 0 Å². The highest BCUT2D eigenvalue weighted by Crippen LogP contribution is 1.82. The average molecular weight is 202 g/mol. The van der Waals surface area contributed by atoms with Gasteiger partial charge in [-0.2, -0.15) is 0 Å². The van der Waals surface area contributed by atoms with Crippen molar-refractivity contribution in [2.45, 2.75) is 81.6 Å². The lowest BCUT2D eigenvalue weighted by Crippen LogP contribution is -1.52. The Balaban J connectivity index is -0.0000000505. The van der Waals surface area contributed by atoms with Gasteiger partial charge in [0.1, 0.15) is 0 Å². The summed E-state index contributed by atoms with van der Waals surface area (Å²) in [5.41, 5.74) is 1.38. The smallest absolute Gasteiger partial charge is 0.0442 e. The fourth-order valence-corrected chi connectivity index (χ4v) is 0. The molecule has 0 atom stereocenters. The fraction of sp³-hybridized carbons (Fsp3) is 0.857. The molecule has 0 aliphatic carbocycles. The first kappa shape index (κ1) is 23.5. The van der Waals surface area contributed by atoms with Gasteiger partial charge in [-0.15, -0.1) is 0 Å². The molecule has 0 unspecified atom stereocenters. The van der Waals surface area contributed by atoms with Crippen LogP contribution in [0.15, 0.2) is 11.6 Å². The topological polar surface area (TPSA) is 0 Å². The second-order valence-electron chi connectivity index (χ2n) is 3.07. The van der Waals surface area contributed by atoms with Crippen LogP contribution in [0, 0.1) is 0 Å². The minimum Gasteiger partial charge on any atom is -0.0890 e. The molecule has 0 aromatic rings. The lowest BCUT2D eigenvalue weighted by Gasteiger charge is -1.74. The van der Waals surface area contributed by atoms with Gasteiger partial charge >= 0.3 is 0 Å². The van der Waals surface area contributed by atoms with Gasteiger partial charge < -0.3 is 0 Å². The van der Waals surface area contributed by atoms with Crippen molar-refractivity contribution in [3.63, 3.8) is 0 Å². The van der Waals surface area contributed by atoms with Gasteiger partial charge in [-0.25, -0.2) is 0 Å². The summed E-state index contributed by atoms with van der Waals surface area (Å²) in [6.45, 7) is 18.8. The molecule has 0 fully saturated rings. The van der Waals surface area contributed by atoms with Crippen molar-refractivity contribution in [1.82, 2.24) is 0 Å². The maximum absolute atomic E-state index is 2.18. The Bertz CT molecular complexity index is 64.1. The molecular weight excluding hydrogens is 168 g/mol. The van der Waals surface area contributed by atoms with Crippen molar-refractivity contribution in [3.05, 3.63) is 11.6 Å². The molecule has 0 heteroatoms. The van der Waals surface area contributed by atoms with Crippen LogP contribution >= 0.6 is 0 Å².